The Morgan fingerprint density at radius 2 is 1.96 bits per heavy atom. The number of benzene rings is 2. The Kier molecular flexibility index (Phi) is 3.28. The SMILES string of the molecule is O=C(OCc1nc2ccccc2o1)c1cc2cc(Cl)ccc2o1. The summed E-state index contributed by atoms with van der Waals surface area (Å²) in [4.78, 5) is 16.3. The van der Waals surface area contributed by atoms with Crippen LogP contribution in [0.15, 0.2) is 57.4 Å². The van der Waals surface area contributed by atoms with Crippen LogP contribution in [0.25, 0.3) is 22.1 Å². The summed E-state index contributed by atoms with van der Waals surface area (Å²) in [5.41, 5.74) is 1.94. The Labute approximate surface area is 135 Å². The van der Waals surface area contributed by atoms with Gasteiger partial charge in [0.2, 0.25) is 11.7 Å². The second-order valence-electron chi connectivity index (χ2n) is 4.94. The van der Waals surface area contributed by atoms with Crippen LogP contribution in [0.5, 0.6) is 0 Å². The topological polar surface area (TPSA) is 65.5 Å². The fraction of sp³-hybridized carbons (Fsp3) is 0.0588. The van der Waals surface area contributed by atoms with E-state index in [1.807, 2.05) is 18.2 Å². The van der Waals surface area contributed by atoms with Gasteiger partial charge < -0.3 is 13.6 Å². The number of carbonyl (C=O) groups excluding carboxylic acids is 1. The molecule has 5 nitrogen and oxygen atoms in total. The van der Waals surface area contributed by atoms with Gasteiger partial charge in [-0.2, -0.15) is 0 Å². The fourth-order valence-corrected chi connectivity index (χ4v) is 2.48. The van der Waals surface area contributed by atoms with Crippen molar-refractivity contribution in [2.75, 3.05) is 0 Å². The summed E-state index contributed by atoms with van der Waals surface area (Å²) in [5, 5.41) is 1.32. The average molecular weight is 328 g/mol. The van der Waals surface area contributed by atoms with Gasteiger partial charge in [0, 0.05) is 10.4 Å². The van der Waals surface area contributed by atoms with Gasteiger partial charge in [0.1, 0.15) is 11.1 Å². The molecule has 0 saturated carbocycles. The molecule has 2 aromatic heterocycles. The van der Waals surface area contributed by atoms with Gasteiger partial charge >= 0.3 is 5.97 Å². The maximum Gasteiger partial charge on any atom is 0.374 e. The zero-order valence-electron chi connectivity index (χ0n) is 11.8. The van der Waals surface area contributed by atoms with Gasteiger partial charge in [-0.1, -0.05) is 23.7 Å². The standard InChI is InChI=1S/C17H10ClNO4/c18-11-5-6-13-10(7-11)8-15(22-13)17(20)21-9-16-19-12-3-1-2-4-14(12)23-16/h1-8H,9H2. The smallest absolute Gasteiger partial charge is 0.374 e. The molecule has 0 unspecified atom stereocenters. The van der Waals surface area contributed by atoms with Crippen molar-refractivity contribution in [1.82, 2.24) is 4.98 Å². The summed E-state index contributed by atoms with van der Waals surface area (Å²) in [6.07, 6.45) is 0. The molecular formula is C17H10ClNO4. The van der Waals surface area contributed by atoms with Crippen LogP contribution in [-0.2, 0) is 11.3 Å². The van der Waals surface area contributed by atoms with E-state index in [2.05, 4.69) is 4.98 Å². The van der Waals surface area contributed by atoms with Crippen LogP contribution in [0.1, 0.15) is 16.4 Å². The first-order valence-corrected chi connectivity index (χ1v) is 7.27. The fourth-order valence-electron chi connectivity index (χ4n) is 2.29. The molecule has 6 heteroatoms. The van der Waals surface area contributed by atoms with Crippen molar-refractivity contribution in [2.24, 2.45) is 0 Å². The highest BCUT2D eigenvalue weighted by Crippen LogP contribution is 2.24. The molecular weight excluding hydrogens is 318 g/mol. The Morgan fingerprint density at radius 3 is 2.83 bits per heavy atom. The molecule has 0 N–H and O–H groups in total. The Bertz CT molecular complexity index is 985. The molecule has 0 amide bonds. The molecule has 23 heavy (non-hydrogen) atoms. The van der Waals surface area contributed by atoms with Crippen LogP contribution >= 0.6 is 11.6 Å². The quantitative estimate of drug-likeness (QED) is 0.515. The first-order valence-electron chi connectivity index (χ1n) is 6.90. The monoisotopic (exact) mass is 327 g/mol. The highest BCUT2D eigenvalue weighted by atomic mass is 35.5. The minimum absolute atomic E-state index is 0.0642. The number of para-hydroxylation sites is 2. The molecule has 4 aromatic rings. The predicted octanol–water partition coefficient (Wildman–Crippen LogP) is 4.58. The molecule has 4 rings (SSSR count). The zero-order chi connectivity index (χ0) is 15.8. The number of nitrogens with zero attached hydrogens (tertiary/aromatic N) is 1. The van der Waals surface area contributed by atoms with Gasteiger partial charge in [0.15, 0.2) is 12.2 Å². The number of ether oxygens (including phenoxy) is 1. The van der Waals surface area contributed by atoms with E-state index >= 15 is 0 Å². The van der Waals surface area contributed by atoms with Gasteiger partial charge in [-0.25, -0.2) is 9.78 Å². The molecule has 0 aliphatic heterocycles. The van der Waals surface area contributed by atoms with Crippen molar-refractivity contribution in [3.8, 4) is 0 Å². The molecule has 114 valence electrons. The van der Waals surface area contributed by atoms with E-state index in [9.17, 15) is 4.79 Å². The van der Waals surface area contributed by atoms with Crippen molar-refractivity contribution < 1.29 is 18.4 Å². The second kappa shape index (κ2) is 5.44. The number of furan rings is 1. The number of oxazole rings is 1. The van der Waals surface area contributed by atoms with Crippen LogP contribution in [0.2, 0.25) is 5.02 Å². The summed E-state index contributed by atoms with van der Waals surface area (Å²) in [7, 11) is 0. The summed E-state index contributed by atoms with van der Waals surface area (Å²) in [5.74, 6) is -0.142. The minimum atomic E-state index is -0.584. The van der Waals surface area contributed by atoms with Crippen LogP contribution < -0.4 is 0 Å². The van der Waals surface area contributed by atoms with Gasteiger partial charge in [0.05, 0.1) is 0 Å². The molecule has 2 heterocycles. The van der Waals surface area contributed by atoms with Crippen molar-refractivity contribution in [3.63, 3.8) is 0 Å². The third-order valence-electron chi connectivity index (χ3n) is 3.34. The van der Waals surface area contributed by atoms with Crippen LogP contribution in [0.3, 0.4) is 0 Å². The third-order valence-corrected chi connectivity index (χ3v) is 3.58. The molecule has 0 spiro atoms. The number of aromatic nitrogens is 1. The maximum atomic E-state index is 12.1. The molecule has 0 saturated heterocycles. The Hall–Kier alpha value is -2.79. The Balaban J connectivity index is 1.52. The van der Waals surface area contributed by atoms with E-state index in [1.165, 1.54) is 0 Å². The van der Waals surface area contributed by atoms with E-state index in [4.69, 9.17) is 25.2 Å². The number of halogens is 1. The van der Waals surface area contributed by atoms with E-state index in [0.717, 1.165) is 10.9 Å². The van der Waals surface area contributed by atoms with E-state index in [-0.39, 0.29) is 12.4 Å². The third kappa shape index (κ3) is 2.66. The number of fused-ring (bicyclic) bond motifs is 2. The highest BCUT2D eigenvalue weighted by Gasteiger charge is 2.15. The van der Waals surface area contributed by atoms with Crippen LogP contribution in [0, 0.1) is 0 Å². The summed E-state index contributed by atoms with van der Waals surface area (Å²) in [6, 6.07) is 14.1. The van der Waals surface area contributed by atoms with Gasteiger partial charge in [-0.15, -0.1) is 0 Å². The average Bonchev–Trinajstić information content (AvgIpc) is 3.15. The highest BCUT2D eigenvalue weighted by molar-refractivity contribution is 6.31. The van der Waals surface area contributed by atoms with Gasteiger partial charge in [-0.3, -0.25) is 0 Å². The molecule has 0 atom stereocenters. The number of rotatable bonds is 3. The number of esters is 1. The lowest BCUT2D eigenvalue weighted by atomic mass is 10.2. The second-order valence-corrected chi connectivity index (χ2v) is 5.38. The van der Waals surface area contributed by atoms with Crippen molar-refractivity contribution >= 4 is 39.6 Å². The summed E-state index contributed by atoms with van der Waals surface area (Å²) in [6.45, 7) is -0.0642. The molecule has 0 bridgehead atoms. The van der Waals surface area contributed by atoms with E-state index in [0.29, 0.717) is 22.1 Å². The lowest BCUT2D eigenvalue weighted by molar-refractivity contribution is 0.0406. The van der Waals surface area contributed by atoms with Crippen molar-refractivity contribution in [3.05, 3.63) is 65.2 Å². The normalized spacial score (nSPS) is 11.2. The van der Waals surface area contributed by atoms with E-state index < -0.39 is 5.97 Å². The molecule has 0 aliphatic carbocycles. The number of hydrogen-bond acceptors (Lipinski definition) is 5. The first-order chi connectivity index (χ1) is 11.2. The molecule has 2 aromatic carbocycles. The summed E-state index contributed by atoms with van der Waals surface area (Å²) >= 11 is 5.91. The zero-order valence-corrected chi connectivity index (χ0v) is 12.5. The number of hydrogen-bond donors (Lipinski definition) is 0. The van der Waals surface area contributed by atoms with Gasteiger partial charge in [0.25, 0.3) is 0 Å². The summed E-state index contributed by atoms with van der Waals surface area (Å²) < 4.78 is 16.1. The van der Waals surface area contributed by atoms with Crippen LogP contribution in [0.4, 0.5) is 0 Å². The lowest BCUT2D eigenvalue weighted by Gasteiger charge is -1.98. The Morgan fingerprint density at radius 1 is 1.09 bits per heavy atom. The molecule has 0 radical (unpaired) electrons. The largest absolute Gasteiger partial charge is 0.450 e. The lowest BCUT2D eigenvalue weighted by Crippen LogP contribution is -2.03. The maximum absolute atomic E-state index is 12.1. The predicted molar refractivity (Wildman–Crippen MR) is 84.4 cm³/mol. The molecule has 0 fully saturated rings. The number of carbonyl (C=O) groups is 1. The van der Waals surface area contributed by atoms with Crippen LogP contribution in [-0.4, -0.2) is 11.0 Å². The van der Waals surface area contributed by atoms with Crippen molar-refractivity contribution in [1.29, 1.82) is 0 Å². The van der Waals surface area contributed by atoms with Crippen molar-refractivity contribution in [2.45, 2.75) is 6.61 Å². The first kappa shape index (κ1) is 13.8. The van der Waals surface area contributed by atoms with Gasteiger partial charge in [-0.05, 0) is 36.4 Å². The minimum Gasteiger partial charge on any atom is -0.450 e. The van der Waals surface area contributed by atoms with E-state index in [1.54, 1.807) is 30.3 Å². The molecule has 0 aliphatic rings.